The minimum Gasteiger partial charge on any atom is -0.463 e. The Morgan fingerprint density at radius 3 is 1.56 bits per heavy atom. The average Bonchev–Trinajstić information content (AvgIpc) is 3.31. The first kappa shape index (κ1) is 27.1. The summed E-state index contributed by atoms with van der Waals surface area (Å²) in [7, 11) is 0. The number of amides is 4. The molecule has 2 aromatic carbocycles. The molecule has 1 saturated carbocycles. The Hall–Kier alpha value is -4.07. The zero-order valence-electron chi connectivity index (χ0n) is 24.4. The minimum absolute atomic E-state index is 0.113. The minimum atomic E-state index is -1.42. The highest BCUT2D eigenvalue weighted by atomic mass is 16.5. The lowest BCUT2D eigenvalue weighted by Crippen LogP contribution is -2.61. The van der Waals surface area contributed by atoms with Gasteiger partial charge < -0.3 is 4.74 Å². The SMILES string of the molecule is CCOC(=O)C1=C(C)C2[C@H]3C(=O)N(c4ccc(C)cc4C)C(=O)[C@@H]3C1(C)[C@@H]1C(=O)N(c3ccc(C)cc3C)C(=O)[C@@H]21. The van der Waals surface area contributed by atoms with E-state index in [1.807, 2.05) is 52.0 Å². The van der Waals surface area contributed by atoms with Gasteiger partial charge in [-0.15, -0.1) is 0 Å². The fraction of sp³-hybridized carbons (Fsp3) is 0.424. The summed E-state index contributed by atoms with van der Waals surface area (Å²) >= 11 is 0. The normalized spacial score (nSPS) is 30.4. The largest absolute Gasteiger partial charge is 0.463 e. The van der Waals surface area contributed by atoms with Gasteiger partial charge >= 0.3 is 5.97 Å². The van der Waals surface area contributed by atoms with Crippen molar-refractivity contribution in [2.75, 3.05) is 16.4 Å². The molecule has 2 aliphatic heterocycles. The number of hydrogen-bond acceptors (Lipinski definition) is 6. The van der Waals surface area contributed by atoms with E-state index in [1.54, 1.807) is 32.9 Å². The quantitative estimate of drug-likeness (QED) is 0.411. The average molecular weight is 555 g/mol. The van der Waals surface area contributed by atoms with E-state index < -0.39 is 64.6 Å². The molecule has 4 amide bonds. The molecule has 8 nitrogen and oxygen atoms in total. The van der Waals surface area contributed by atoms with Crippen LogP contribution in [0.3, 0.4) is 0 Å². The molecule has 8 heteroatoms. The Balaban J connectivity index is 1.55. The van der Waals surface area contributed by atoms with Gasteiger partial charge in [-0.05, 0) is 64.8 Å². The van der Waals surface area contributed by atoms with Gasteiger partial charge in [0.25, 0.3) is 0 Å². The summed E-state index contributed by atoms with van der Waals surface area (Å²) in [5, 5.41) is 0. The third-order valence-corrected chi connectivity index (χ3v) is 9.87. The molecule has 3 fully saturated rings. The van der Waals surface area contributed by atoms with Crippen LogP contribution in [-0.2, 0) is 28.7 Å². The van der Waals surface area contributed by atoms with E-state index in [4.69, 9.17) is 4.74 Å². The van der Waals surface area contributed by atoms with Crippen molar-refractivity contribution in [3.63, 3.8) is 0 Å². The number of ether oxygens (including phenoxy) is 1. The van der Waals surface area contributed by atoms with Crippen molar-refractivity contribution >= 4 is 41.0 Å². The van der Waals surface area contributed by atoms with Crippen molar-refractivity contribution in [3.8, 4) is 0 Å². The third kappa shape index (κ3) is 3.36. The zero-order valence-corrected chi connectivity index (χ0v) is 24.4. The summed E-state index contributed by atoms with van der Waals surface area (Å²) < 4.78 is 5.46. The highest BCUT2D eigenvalue weighted by molar-refractivity contribution is 6.28. The van der Waals surface area contributed by atoms with E-state index in [0.29, 0.717) is 16.9 Å². The molecule has 2 aromatic rings. The summed E-state index contributed by atoms with van der Waals surface area (Å²) in [5.74, 6) is -6.79. The second-order valence-electron chi connectivity index (χ2n) is 12.2. The van der Waals surface area contributed by atoms with E-state index in [0.717, 1.165) is 22.3 Å². The lowest BCUT2D eigenvalue weighted by Gasteiger charge is -2.55. The number of hydrogen-bond donors (Lipinski definition) is 0. The van der Waals surface area contributed by atoms with Gasteiger partial charge in [0.1, 0.15) is 0 Å². The van der Waals surface area contributed by atoms with Crippen LogP contribution in [0.4, 0.5) is 11.4 Å². The number of allylic oxidation sites excluding steroid dienone is 1. The molecule has 41 heavy (non-hydrogen) atoms. The molecule has 212 valence electrons. The van der Waals surface area contributed by atoms with Crippen molar-refractivity contribution < 1.29 is 28.7 Å². The summed E-state index contributed by atoms with van der Waals surface area (Å²) in [5.41, 5.74) is 3.89. The molecule has 6 atom stereocenters. The van der Waals surface area contributed by atoms with Crippen LogP contribution >= 0.6 is 0 Å². The number of imide groups is 2. The summed E-state index contributed by atoms with van der Waals surface area (Å²) in [6, 6.07) is 11.0. The van der Waals surface area contributed by atoms with Gasteiger partial charge in [0.05, 0.1) is 41.7 Å². The predicted molar refractivity (Wildman–Crippen MR) is 152 cm³/mol. The molecular formula is C33H34N2O6. The van der Waals surface area contributed by atoms with Crippen LogP contribution in [0.1, 0.15) is 43.0 Å². The van der Waals surface area contributed by atoms with E-state index in [-0.39, 0.29) is 12.2 Å². The van der Waals surface area contributed by atoms with Crippen LogP contribution in [0.2, 0.25) is 0 Å². The number of rotatable bonds is 4. The van der Waals surface area contributed by atoms with Gasteiger partial charge in [0, 0.05) is 16.9 Å². The molecule has 5 aliphatic rings. The van der Waals surface area contributed by atoms with Crippen LogP contribution in [0.15, 0.2) is 47.5 Å². The van der Waals surface area contributed by atoms with Gasteiger partial charge in [-0.2, -0.15) is 0 Å². The van der Waals surface area contributed by atoms with E-state index >= 15 is 0 Å². The molecule has 0 radical (unpaired) electrons. The Morgan fingerprint density at radius 1 is 0.732 bits per heavy atom. The smallest absolute Gasteiger partial charge is 0.334 e. The molecule has 0 aromatic heterocycles. The van der Waals surface area contributed by atoms with Crippen LogP contribution in [-0.4, -0.2) is 36.2 Å². The van der Waals surface area contributed by atoms with Gasteiger partial charge in [-0.3, -0.25) is 19.2 Å². The molecule has 3 aliphatic carbocycles. The van der Waals surface area contributed by atoms with Gasteiger partial charge in [-0.25, -0.2) is 14.6 Å². The van der Waals surface area contributed by atoms with Crippen molar-refractivity contribution in [2.24, 2.45) is 35.0 Å². The van der Waals surface area contributed by atoms with Crippen LogP contribution in [0.5, 0.6) is 0 Å². The monoisotopic (exact) mass is 554 g/mol. The number of nitrogens with zero attached hydrogens (tertiary/aromatic N) is 2. The Bertz CT molecular complexity index is 1520. The topological polar surface area (TPSA) is 101 Å². The molecule has 0 N–H and O–H groups in total. The Labute approximate surface area is 239 Å². The van der Waals surface area contributed by atoms with Crippen molar-refractivity contribution in [2.45, 2.75) is 48.5 Å². The second kappa shape index (κ2) is 8.96. The Morgan fingerprint density at radius 2 is 1.17 bits per heavy atom. The third-order valence-electron chi connectivity index (χ3n) is 9.87. The molecule has 2 heterocycles. The molecule has 2 saturated heterocycles. The maximum absolute atomic E-state index is 14.4. The molecule has 2 unspecified atom stereocenters. The lowest BCUT2D eigenvalue weighted by atomic mass is 9.43. The lowest BCUT2D eigenvalue weighted by molar-refractivity contribution is -0.155. The standard InChI is InChI=1S/C33H34N2O6/c1-8-41-32(40)25-19(6)22-23-26(30(38)34(28(23)36)20-11-9-15(2)13-17(20)4)33(25,7)27-24(22)29(37)35(31(27)39)21-12-10-16(3)14-18(21)5/h9-14,22-24,26-27H,8H2,1-7H3/t22?,23-,24+,26-,27+,33?. The van der Waals surface area contributed by atoms with Crippen molar-refractivity contribution in [1.82, 2.24) is 0 Å². The Kier molecular flexibility index (Phi) is 5.93. The number of aryl methyl sites for hydroxylation is 4. The number of carbonyl (C=O) groups is 5. The first-order valence-corrected chi connectivity index (χ1v) is 14.1. The van der Waals surface area contributed by atoms with Crippen molar-refractivity contribution in [1.29, 1.82) is 0 Å². The summed E-state index contributed by atoms with van der Waals surface area (Å²) in [6.45, 7) is 12.8. The molecular weight excluding hydrogens is 520 g/mol. The highest BCUT2D eigenvalue weighted by Gasteiger charge is 2.77. The van der Waals surface area contributed by atoms with Gasteiger partial charge in [0.15, 0.2) is 0 Å². The van der Waals surface area contributed by atoms with E-state index in [9.17, 15) is 24.0 Å². The van der Waals surface area contributed by atoms with Gasteiger partial charge in [-0.1, -0.05) is 47.9 Å². The van der Waals surface area contributed by atoms with E-state index in [2.05, 4.69) is 0 Å². The highest BCUT2D eigenvalue weighted by Crippen LogP contribution is 2.69. The number of esters is 1. The first-order valence-electron chi connectivity index (χ1n) is 14.1. The summed E-state index contributed by atoms with van der Waals surface area (Å²) in [4.78, 5) is 73.2. The zero-order chi connectivity index (χ0) is 29.7. The van der Waals surface area contributed by atoms with Gasteiger partial charge in [0.2, 0.25) is 23.6 Å². The molecule has 7 rings (SSSR count). The number of anilines is 2. The first-order chi connectivity index (χ1) is 19.4. The van der Waals surface area contributed by atoms with Crippen LogP contribution < -0.4 is 9.80 Å². The maximum Gasteiger partial charge on any atom is 0.334 e. The van der Waals surface area contributed by atoms with Crippen LogP contribution in [0.25, 0.3) is 0 Å². The van der Waals surface area contributed by atoms with Crippen LogP contribution in [0, 0.1) is 62.7 Å². The predicted octanol–water partition coefficient (Wildman–Crippen LogP) is 4.36. The van der Waals surface area contributed by atoms with E-state index in [1.165, 1.54) is 9.80 Å². The molecule has 2 bridgehead atoms. The number of benzene rings is 2. The summed E-state index contributed by atoms with van der Waals surface area (Å²) in [6.07, 6.45) is 0. The van der Waals surface area contributed by atoms with Crippen molar-refractivity contribution in [3.05, 3.63) is 69.8 Å². The second-order valence-corrected chi connectivity index (χ2v) is 12.2. The molecule has 0 spiro atoms. The fourth-order valence-electron chi connectivity index (χ4n) is 8.40. The maximum atomic E-state index is 14.4. The number of carbonyl (C=O) groups excluding carboxylic acids is 5. The fourth-order valence-corrected chi connectivity index (χ4v) is 8.40.